The van der Waals surface area contributed by atoms with Gasteiger partial charge < -0.3 is 10.4 Å². The predicted octanol–water partition coefficient (Wildman–Crippen LogP) is 0.664. The Morgan fingerprint density at radius 3 is 2.76 bits per heavy atom. The summed E-state index contributed by atoms with van der Waals surface area (Å²) in [5.74, 6) is -0.347. The van der Waals surface area contributed by atoms with Gasteiger partial charge in [0.05, 0.1) is 6.54 Å². The summed E-state index contributed by atoms with van der Waals surface area (Å²) in [4.78, 5) is 23.8. The molecule has 21 heavy (non-hydrogen) atoms. The minimum atomic E-state index is -0.269. The number of amides is 2. The van der Waals surface area contributed by atoms with Gasteiger partial charge in [-0.15, -0.1) is 0 Å². The molecule has 1 aromatic rings. The third-order valence-corrected chi connectivity index (χ3v) is 3.16. The minimum absolute atomic E-state index is 0.0331. The number of benzene rings is 1. The molecule has 0 radical (unpaired) electrons. The zero-order valence-electron chi connectivity index (χ0n) is 11.8. The first kappa shape index (κ1) is 15.2. The molecule has 1 aliphatic rings. The number of aliphatic hydroxyl groups is 1. The van der Waals surface area contributed by atoms with Crippen LogP contribution in [-0.2, 0) is 16.1 Å². The van der Waals surface area contributed by atoms with Crippen molar-refractivity contribution in [3.8, 4) is 0 Å². The third kappa shape index (κ3) is 4.39. The molecule has 0 fully saturated rings. The second-order valence-corrected chi connectivity index (χ2v) is 4.82. The molecule has 1 aromatic carbocycles. The predicted molar refractivity (Wildman–Crippen MR) is 78.4 cm³/mol. The first-order chi connectivity index (χ1) is 10.2. The van der Waals surface area contributed by atoms with E-state index >= 15 is 0 Å². The van der Waals surface area contributed by atoms with Crippen molar-refractivity contribution in [2.24, 2.45) is 5.10 Å². The van der Waals surface area contributed by atoms with Gasteiger partial charge in [-0.3, -0.25) is 9.59 Å². The Morgan fingerprint density at radius 1 is 1.29 bits per heavy atom. The maximum absolute atomic E-state index is 11.9. The highest BCUT2D eigenvalue weighted by atomic mass is 16.3. The van der Waals surface area contributed by atoms with E-state index in [-0.39, 0.29) is 18.4 Å². The lowest BCUT2D eigenvalue weighted by molar-refractivity contribution is -0.132. The molecule has 6 heteroatoms. The van der Waals surface area contributed by atoms with Crippen LogP contribution < -0.4 is 5.32 Å². The van der Waals surface area contributed by atoms with Gasteiger partial charge in [0.2, 0.25) is 5.91 Å². The number of hydrogen-bond acceptors (Lipinski definition) is 4. The summed E-state index contributed by atoms with van der Waals surface area (Å²) < 4.78 is 0. The molecule has 0 atom stereocenters. The van der Waals surface area contributed by atoms with Crippen molar-refractivity contribution in [1.29, 1.82) is 0 Å². The van der Waals surface area contributed by atoms with Gasteiger partial charge in [-0.1, -0.05) is 30.3 Å². The van der Waals surface area contributed by atoms with E-state index in [9.17, 15) is 9.59 Å². The van der Waals surface area contributed by atoms with Gasteiger partial charge >= 0.3 is 0 Å². The van der Waals surface area contributed by atoms with Crippen LogP contribution >= 0.6 is 0 Å². The second kappa shape index (κ2) is 7.54. The van der Waals surface area contributed by atoms with Gasteiger partial charge in [-0.25, -0.2) is 5.01 Å². The summed E-state index contributed by atoms with van der Waals surface area (Å²) in [6.45, 7) is 0.805. The highest BCUT2D eigenvalue weighted by Gasteiger charge is 2.24. The number of aliphatic hydroxyl groups excluding tert-OH is 1. The van der Waals surface area contributed by atoms with Gasteiger partial charge in [0, 0.05) is 26.0 Å². The topological polar surface area (TPSA) is 82.0 Å². The molecule has 6 nitrogen and oxygen atoms in total. The number of carbonyl (C=O) groups is 2. The van der Waals surface area contributed by atoms with Crippen molar-refractivity contribution in [1.82, 2.24) is 10.3 Å². The zero-order valence-corrected chi connectivity index (χ0v) is 11.8. The summed E-state index contributed by atoms with van der Waals surface area (Å²) in [5.41, 5.74) is 1.33. The average Bonchev–Trinajstić information content (AvgIpc) is 2.50. The van der Waals surface area contributed by atoms with Crippen molar-refractivity contribution in [2.75, 3.05) is 13.2 Å². The molecule has 0 aliphatic carbocycles. The summed E-state index contributed by atoms with van der Waals surface area (Å²) in [6, 6.07) is 9.54. The SMILES string of the molecule is O=C(NCCCO)C1=NN(Cc2ccccc2)C(=O)CC1. The maximum atomic E-state index is 11.9. The van der Waals surface area contributed by atoms with Crippen molar-refractivity contribution >= 4 is 17.5 Å². The lowest BCUT2D eigenvalue weighted by Crippen LogP contribution is -2.39. The van der Waals surface area contributed by atoms with Gasteiger partial charge in [0.15, 0.2) is 0 Å². The van der Waals surface area contributed by atoms with Gasteiger partial charge in [-0.2, -0.15) is 5.10 Å². The van der Waals surface area contributed by atoms with E-state index in [1.54, 1.807) is 0 Å². The molecule has 1 aliphatic heterocycles. The third-order valence-electron chi connectivity index (χ3n) is 3.16. The fourth-order valence-corrected chi connectivity index (χ4v) is 2.03. The summed E-state index contributed by atoms with van der Waals surface area (Å²) in [6.07, 6.45) is 1.15. The minimum Gasteiger partial charge on any atom is -0.396 e. The lowest BCUT2D eigenvalue weighted by atomic mass is 10.1. The first-order valence-corrected chi connectivity index (χ1v) is 7.01. The molecular formula is C15H19N3O3. The molecule has 0 unspecified atom stereocenters. The molecule has 0 spiro atoms. The Bertz CT molecular complexity index is 528. The van der Waals surface area contributed by atoms with Crippen LogP contribution in [-0.4, -0.2) is 40.8 Å². The van der Waals surface area contributed by atoms with Gasteiger partial charge in [-0.05, 0) is 12.0 Å². The van der Waals surface area contributed by atoms with Crippen molar-refractivity contribution in [2.45, 2.75) is 25.8 Å². The molecule has 0 saturated carbocycles. The number of nitrogens with zero attached hydrogens (tertiary/aromatic N) is 2. The number of hydrogen-bond donors (Lipinski definition) is 2. The van der Waals surface area contributed by atoms with E-state index in [4.69, 9.17) is 5.11 Å². The molecule has 1 heterocycles. The largest absolute Gasteiger partial charge is 0.396 e. The summed E-state index contributed by atoms with van der Waals surface area (Å²) >= 11 is 0. The van der Waals surface area contributed by atoms with Crippen molar-refractivity contribution < 1.29 is 14.7 Å². The van der Waals surface area contributed by atoms with E-state index < -0.39 is 0 Å². The molecule has 112 valence electrons. The van der Waals surface area contributed by atoms with Crippen LogP contribution in [0.15, 0.2) is 35.4 Å². The van der Waals surface area contributed by atoms with Gasteiger partial charge in [0.25, 0.3) is 5.91 Å². The quantitative estimate of drug-likeness (QED) is 0.755. The van der Waals surface area contributed by atoms with Crippen molar-refractivity contribution in [3.63, 3.8) is 0 Å². The van der Waals surface area contributed by atoms with Crippen LogP contribution in [0.5, 0.6) is 0 Å². The Balaban J connectivity index is 2.01. The number of rotatable bonds is 6. The number of hydrazone groups is 1. The number of nitrogens with one attached hydrogen (secondary N) is 1. The fraction of sp³-hybridized carbons (Fsp3) is 0.400. The van der Waals surface area contributed by atoms with Gasteiger partial charge in [0.1, 0.15) is 5.71 Å². The molecule has 2 amide bonds. The Hall–Kier alpha value is -2.21. The normalized spacial score (nSPS) is 14.8. The molecular weight excluding hydrogens is 270 g/mol. The molecule has 0 saturated heterocycles. The number of carbonyl (C=O) groups excluding carboxylic acids is 2. The fourth-order valence-electron chi connectivity index (χ4n) is 2.03. The van der Waals surface area contributed by atoms with Crippen LogP contribution in [0.4, 0.5) is 0 Å². The Labute approximate surface area is 123 Å². The monoisotopic (exact) mass is 289 g/mol. The van der Waals surface area contributed by atoms with E-state index in [2.05, 4.69) is 10.4 Å². The lowest BCUT2D eigenvalue weighted by Gasteiger charge is -2.23. The zero-order chi connectivity index (χ0) is 15.1. The van der Waals surface area contributed by atoms with E-state index in [0.29, 0.717) is 38.1 Å². The van der Waals surface area contributed by atoms with E-state index in [0.717, 1.165) is 5.56 Å². The van der Waals surface area contributed by atoms with Crippen LogP contribution in [0, 0.1) is 0 Å². The smallest absolute Gasteiger partial charge is 0.267 e. The standard InChI is InChI=1S/C15H19N3O3/c19-10-4-9-16-15(21)13-7-8-14(20)18(17-13)11-12-5-2-1-3-6-12/h1-3,5-6,19H,4,7-11H2,(H,16,21). The van der Waals surface area contributed by atoms with Crippen LogP contribution in [0.25, 0.3) is 0 Å². The van der Waals surface area contributed by atoms with Crippen molar-refractivity contribution in [3.05, 3.63) is 35.9 Å². The second-order valence-electron chi connectivity index (χ2n) is 4.82. The highest BCUT2D eigenvalue weighted by Crippen LogP contribution is 2.13. The van der Waals surface area contributed by atoms with Crippen LogP contribution in [0.2, 0.25) is 0 Å². The van der Waals surface area contributed by atoms with Crippen LogP contribution in [0.3, 0.4) is 0 Å². The van der Waals surface area contributed by atoms with Crippen LogP contribution in [0.1, 0.15) is 24.8 Å². The maximum Gasteiger partial charge on any atom is 0.267 e. The average molecular weight is 289 g/mol. The Morgan fingerprint density at radius 2 is 2.05 bits per heavy atom. The molecule has 2 N–H and O–H groups in total. The molecule has 2 rings (SSSR count). The highest BCUT2D eigenvalue weighted by molar-refractivity contribution is 6.39. The Kier molecular flexibility index (Phi) is 5.45. The van der Waals surface area contributed by atoms with E-state index in [1.165, 1.54) is 5.01 Å². The summed E-state index contributed by atoms with van der Waals surface area (Å²) in [7, 11) is 0. The first-order valence-electron chi connectivity index (χ1n) is 7.01. The molecule has 0 aromatic heterocycles. The van der Waals surface area contributed by atoms with E-state index in [1.807, 2.05) is 30.3 Å². The summed E-state index contributed by atoms with van der Waals surface area (Å²) in [5, 5.41) is 16.9. The molecule has 0 bridgehead atoms.